The first-order valence-electron chi connectivity index (χ1n) is 7.05. The number of hydrogen-bond acceptors (Lipinski definition) is 6. The molecular formula is C19H20O6U. The maximum Gasteiger partial charge on any atom is 2.00 e. The number of rotatable bonds is 6. The predicted molar refractivity (Wildman–Crippen MR) is 92.8 cm³/mol. The molecule has 0 N–H and O–H groups in total. The Hall–Kier alpha value is -1.97. The van der Waals surface area contributed by atoms with Gasteiger partial charge >= 0.3 is 37.1 Å². The average molecular weight is 582 g/mol. The first-order chi connectivity index (χ1) is 11.5. The molecule has 0 bridgehead atoms. The number of benzene rings is 2. The molecule has 0 aromatic heterocycles. The molecule has 2 aromatic carbocycles. The third-order valence-corrected chi connectivity index (χ3v) is 3.32. The molecule has 0 fully saturated rings. The Morgan fingerprint density at radius 2 is 1.58 bits per heavy atom. The number of carbonyl (C=O) groups excluding carboxylic acids is 2. The molecule has 6 nitrogen and oxygen atoms in total. The summed E-state index contributed by atoms with van der Waals surface area (Å²) in [5.41, 5.74) is 0.376. The third kappa shape index (κ3) is 5.26. The van der Waals surface area contributed by atoms with Gasteiger partial charge in [0.05, 0.1) is 21.3 Å². The third-order valence-electron chi connectivity index (χ3n) is 3.32. The van der Waals surface area contributed by atoms with Gasteiger partial charge in [-0.3, -0.25) is 4.79 Å². The smallest absolute Gasteiger partial charge is 0.553 e. The molecule has 26 heavy (non-hydrogen) atoms. The van der Waals surface area contributed by atoms with Crippen molar-refractivity contribution in [1.29, 1.82) is 0 Å². The van der Waals surface area contributed by atoms with Crippen LogP contribution in [0.5, 0.6) is 23.0 Å². The summed E-state index contributed by atoms with van der Waals surface area (Å²) in [5, 5.41) is 0. The van der Waals surface area contributed by atoms with Gasteiger partial charge in [0.25, 0.3) is 0 Å². The van der Waals surface area contributed by atoms with E-state index in [9.17, 15) is 9.59 Å². The summed E-state index contributed by atoms with van der Waals surface area (Å²) in [6.45, 7) is 1.36. The molecule has 0 aliphatic carbocycles. The summed E-state index contributed by atoms with van der Waals surface area (Å²) in [5.74, 6) is 0.0654. The molecule has 0 unspecified atom stereocenters. The number of carbonyl (C=O) groups is 2. The maximum atomic E-state index is 12.5. The number of methoxy groups -OCH3 is 3. The number of esters is 1. The zero-order valence-electron chi connectivity index (χ0n) is 15.3. The monoisotopic (exact) mass is 582 g/mol. The van der Waals surface area contributed by atoms with Crippen LogP contribution in [0.4, 0.5) is 0 Å². The van der Waals surface area contributed by atoms with Crippen molar-refractivity contribution in [3.63, 3.8) is 0 Å². The Kier molecular flexibility index (Phi) is 10.1. The Labute approximate surface area is 177 Å². The van der Waals surface area contributed by atoms with Gasteiger partial charge in [-0.2, -0.15) is 18.2 Å². The van der Waals surface area contributed by atoms with Crippen LogP contribution in [0.15, 0.2) is 30.3 Å². The predicted octanol–water partition coefficient (Wildman–Crippen LogP) is 3.38. The minimum Gasteiger partial charge on any atom is -0.553 e. The zero-order chi connectivity index (χ0) is 17.7. The molecule has 0 atom stereocenters. The van der Waals surface area contributed by atoms with Crippen LogP contribution in [0.3, 0.4) is 0 Å². The van der Waals surface area contributed by atoms with Crippen molar-refractivity contribution in [2.75, 3.05) is 21.3 Å². The standard InChI is InChI=1S/C18H17O6.CH3.U/c1-11(19)17-15(23-4)9-12(21-2)10-16(17)24-18(20)13-7-5-6-8-14(13)22-3;;/h5,7-10H,1-4H3;1H3;/q2*-1;+2. The normalized spacial score (nSPS) is 9.23. The van der Waals surface area contributed by atoms with Gasteiger partial charge in [-0.05, 0) is 12.5 Å². The van der Waals surface area contributed by atoms with Crippen LogP contribution in [-0.2, 0) is 0 Å². The van der Waals surface area contributed by atoms with Crippen LogP contribution >= 0.6 is 0 Å². The average Bonchev–Trinajstić information content (AvgIpc) is 2.60. The largest absolute Gasteiger partial charge is 2.00 e. The van der Waals surface area contributed by atoms with E-state index in [1.165, 1.54) is 46.5 Å². The summed E-state index contributed by atoms with van der Waals surface area (Å²) in [6, 6.07) is 10.4. The van der Waals surface area contributed by atoms with Gasteiger partial charge in [0.1, 0.15) is 22.8 Å². The number of hydrogen-bond donors (Lipinski definition) is 0. The van der Waals surface area contributed by atoms with Crippen LogP contribution in [0.1, 0.15) is 27.6 Å². The SMILES string of the molecule is COc1cc(OC)c(C(C)=O)c(OC(=O)c2cc[c-]cc2OC)c1.[CH3-].[U+2]. The van der Waals surface area contributed by atoms with Crippen molar-refractivity contribution < 1.29 is 59.6 Å². The van der Waals surface area contributed by atoms with E-state index in [0.717, 1.165) is 0 Å². The van der Waals surface area contributed by atoms with E-state index in [4.69, 9.17) is 18.9 Å². The van der Waals surface area contributed by atoms with Gasteiger partial charge in [0, 0.05) is 17.9 Å². The Balaban J connectivity index is 0.00000312. The van der Waals surface area contributed by atoms with Crippen LogP contribution in [0.2, 0.25) is 0 Å². The summed E-state index contributed by atoms with van der Waals surface area (Å²) in [6.07, 6.45) is 0. The second-order valence-electron chi connectivity index (χ2n) is 4.77. The molecule has 0 saturated heterocycles. The number of ketones is 1. The molecule has 2 aromatic rings. The first kappa shape index (κ1) is 24.0. The van der Waals surface area contributed by atoms with Crippen molar-refractivity contribution in [3.8, 4) is 23.0 Å². The summed E-state index contributed by atoms with van der Waals surface area (Å²) in [4.78, 5) is 24.4. The van der Waals surface area contributed by atoms with E-state index in [1.807, 2.05) is 0 Å². The molecule has 0 aliphatic rings. The molecule has 136 valence electrons. The van der Waals surface area contributed by atoms with Crippen molar-refractivity contribution in [2.45, 2.75) is 6.92 Å². The van der Waals surface area contributed by atoms with E-state index in [2.05, 4.69) is 6.07 Å². The van der Waals surface area contributed by atoms with Crippen LogP contribution in [0.25, 0.3) is 0 Å². The quantitative estimate of drug-likeness (QED) is 0.225. The molecule has 0 amide bonds. The van der Waals surface area contributed by atoms with Gasteiger partial charge in [-0.15, -0.1) is 6.07 Å². The van der Waals surface area contributed by atoms with Crippen LogP contribution < -0.4 is 18.9 Å². The van der Waals surface area contributed by atoms with Crippen LogP contribution in [0, 0.1) is 44.6 Å². The fourth-order valence-corrected chi connectivity index (χ4v) is 2.18. The second kappa shape index (κ2) is 10.9. The van der Waals surface area contributed by atoms with Crippen molar-refractivity contribution in [1.82, 2.24) is 0 Å². The molecule has 2 rings (SSSR count). The Bertz CT molecular complexity index is 773. The minimum atomic E-state index is -0.668. The summed E-state index contributed by atoms with van der Waals surface area (Å²) >= 11 is 0. The maximum absolute atomic E-state index is 12.5. The van der Waals surface area contributed by atoms with E-state index < -0.39 is 5.97 Å². The molecular weight excluding hydrogens is 562 g/mol. The first-order valence-corrected chi connectivity index (χ1v) is 7.05. The van der Waals surface area contributed by atoms with Gasteiger partial charge < -0.3 is 26.4 Å². The number of ether oxygens (including phenoxy) is 4. The summed E-state index contributed by atoms with van der Waals surface area (Å²) in [7, 11) is 4.32. The van der Waals surface area contributed by atoms with Crippen molar-refractivity contribution >= 4 is 11.8 Å². The Morgan fingerprint density at radius 3 is 2.12 bits per heavy atom. The van der Waals surface area contributed by atoms with Crippen molar-refractivity contribution in [2.24, 2.45) is 0 Å². The van der Waals surface area contributed by atoms with E-state index in [-0.39, 0.29) is 66.9 Å². The zero-order valence-corrected chi connectivity index (χ0v) is 19.5. The Morgan fingerprint density at radius 1 is 0.962 bits per heavy atom. The van der Waals surface area contributed by atoms with Crippen LogP contribution in [-0.4, -0.2) is 33.1 Å². The van der Waals surface area contributed by atoms with Gasteiger partial charge in [0.15, 0.2) is 5.78 Å². The minimum absolute atomic E-state index is 0. The summed E-state index contributed by atoms with van der Waals surface area (Å²) < 4.78 is 20.9. The van der Waals surface area contributed by atoms with Gasteiger partial charge in [-0.1, -0.05) is 0 Å². The van der Waals surface area contributed by atoms with Crippen molar-refractivity contribution in [3.05, 3.63) is 55.0 Å². The molecule has 7 heteroatoms. The number of Topliss-reactive ketones (excluding diaryl/α,β-unsaturated/α-hetero) is 1. The second-order valence-corrected chi connectivity index (χ2v) is 4.77. The van der Waals surface area contributed by atoms with E-state index in [1.54, 1.807) is 12.1 Å². The van der Waals surface area contributed by atoms with Gasteiger partial charge in [0.2, 0.25) is 0 Å². The fourth-order valence-electron chi connectivity index (χ4n) is 2.18. The fraction of sp³-hybridized carbons (Fsp3) is 0.211. The molecule has 0 saturated carbocycles. The molecule has 0 heterocycles. The van der Waals surface area contributed by atoms with Gasteiger partial charge in [-0.25, -0.2) is 4.79 Å². The molecule has 0 aliphatic heterocycles. The molecule has 0 radical (unpaired) electrons. The van der Waals surface area contributed by atoms with E-state index >= 15 is 0 Å². The molecule has 0 spiro atoms. The van der Waals surface area contributed by atoms with E-state index in [0.29, 0.717) is 11.5 Å². The topological polar surface area (TPSA) is 71.1 Å².